The van der Waals surface area contributed by atoms with E-state index in [-0.39, 0.29) is 18.4 Å². The van der Waals surface area contributed by atoms with Gasteiger partial charge in [-0.2, -0.15) is 0 Å². The minimum absolute atomic E-state index is 0.0221. The van der Waals surface area contributed by atoms with E-state index in [4.69, 9.17) is 5.11 Å². The Labute approximate surface area is 112 Å². The van der Waals surface area contributed by atoms with Gasteiger partial charge in [-0.25, -0.2) is 0 Å². The van der Waals surface area contributed by atoms with Crippen LogP contribution in [-0.4, -0.2) is 39.5 Å². The SMILES string of the molecule is Cc1[nH]ccc1C(=O)N1CCCCC1CCC(=O)O. The molecule has 1 aliphatic heterocycles. The summed E-state index contributed by atoms with van der Waals surface area (Å²) in [7, 11) is 0. The van der Waals surface area contributed by atoms with E-state index < -0.39 is 5.97 Å². The number of nitrogens with zero attached hydrogens (tertiary/aromatic N) is 1. The number of hydrogen-bond acceptors (Lipinski definition) is 2. The molecule has 104 valence electrons. The number of aryl methyl sites for hydroxylation is 1. The number of aliphatic carboxylic acids is 1. The van der Waals surface area contributed by atoms with E-state index in [9.17, 15) is 9.59 Å². The molecule has 0 bridgehead atoms. The third-order valence-electron chi connectivity index (χ3n) is 3.76. The smallest absolute Gasteiger partial charge is 0.303 e. The van der Waals surface area contributed by atoms with Gasteiger partial charge in [-0.3, -0.25) is 9.59 Å². The molecule has 0 aromatic carbocycles. The monoisotopic (exact) mass is 264 g/mol. The van der Waals surface area contributed by atoms with Crippen LogP contribution in [0.4, 0.5) is 0 Å². The number of H-pyrrole nitrogens is 1. The fraction of sp³-hybridized carbons (Fsp3) is 0.571. The van der Waals surface area contributed by atoms with Gasteiger partial charge in [-0.15, -0.1) is 0 Å². The van der Waals surface area contributed by atoms with Crippen molar-refractivity contribution in [3.63, 3.8) is 0 Å². The maximum atomic E-state index is 12.5. The number of amides is 1. The first-order valence-electron chi connectivity index (χ1n) is 6.76. The van der Waals surface area contributed by atoms with Gasteiger partial charge >= 0.3 is 5.97 Å². The number of hydrogen-bond donors (Lipinski definition) is 2. The van der Waals surface area contributed by atoms with Crippen molar-refractivity contribution in [3.8, 4) is 0 Å². The lowest BCUT2D eigenvalue weighted by molar-refractivity contribution is -0.137. The van der Waals surface area contributed by atoms with E-state index in [0.717, 1.165) is 31.5 Å². The molecule has 1 atom stereocenters. The summed E-state index contributed by atoms with van der Waals surface area (Å²) in [5.74, 6) is -0.773. The number of carbonyl (C=O) groups excluding carboxylic acids is 1. The number of piperidine rings is 1. The highest BCUT2D eigenvalue weighted by atomic mass is 16.4. The molecule has 1 aromatic rings. The largest absolute Gasteiger partial charge is 0.481 e. The van der Waals surface area contributed by atoms with E-state index in [2.05, 4.69) is 4.98 Å². The Hall–Kier alpha value is -1.78. The van der Waals surface area contributed by atoms with Gasteiger partial charge < -0.3 is 15.0 Å². The van der Waals surface area contributed by atoms with Crippen LogP contribution in [0.15, 0.2) is 12.3 Å². The van der Waals surface area contributed by atoms with Crippen molar-refractivity contribution < 1.29 is 14.7 Å². The molecule has 2 N–H and O–H groups in total. The Balaban J connectivity index is 2.08. The highest BCUT2D eigenvalue weighted by molar-refractivity contribution is 5.95. The minimum Gasteiger partial charge on any atom is -0.481 e. The molecular formula is C14H20N2O3. The van der Waals surface area contributed by atoms with Crippen molar-refractivity contribution in [2.45, 2.75) is 45.1 Å². The first-order chi connectivity index (χ1) is 9.09. The molecule has 1 amide bonds. The highest BCUT2D eigenvalue weighted by Crippen LogP contribution is 2.23. The number of nitrogens with one attached hydrogen (secondary N) is 1. The van der Waals surface area contributed by atoms with E-state index >= 15 is 0 Å². The van der Waals surface area contributed by atoms with E-state index in [1.165, 1.54) is 0 Å². The van der Waals surface area contributed by atoms with Gasteiger partial charge in [-0.1, -0.05) is 0 Å². The second-order valence-electron chi connectivity index (χ2n) is 5.10. The van der Waals surface area contributed by atoms with Crippen molar-refractivity contribution >= 4 is 11.9 Å². The summed E-state index contributed by atoms with van der Waals surface area (Å²) in [6.45, 7) is 2.61. The van der Waals surface area contributed by atoms with Gasteiger partial charge in [0.25, 0.3) is 5.91 Å². The van der Waals surface area contributed by atoms with Gasteiger partial charge in [0.05, 0.1) is 5.56 Å². The summed E-state index contributed by atoms with van der Waals surface area (Å²) in [6.07, 6.45) is 5.41. The van der Waals surface area contributed by atoms with Crippen molar-refractivity contribution in [2.24, 2.45) is 0 Å². The summed E-state index contributed by atoms with van der Waals surface area (Å²) in [5.41, 5.74) is 1.56. The van der Waals surface area contributed by atoms with Crippen molar-refractivity contribution in [1.82, 2.24) is 9.88 Å². The first kappa shape index (κ1) is 13.6. The first-order valence-corrected chi connectivity index (χ1v) is 6.76. The van der Waals surface area contributed by atoms with Gasteiger partial charge in [0.1, 0.15) is 0 Å². The normalized spacial score (nSPS) is 19.4. The topological polar surface area (TPSA) is 73.4 Å². The number of aromatic nitrogens is 1. The van der Waals surface area contributed by atoms with E-state index in [1.54, 1.807) is 12.3 Å². The maximum Gasteiger partial charge on any atom is 0.303 e. The third-order valence-corrected chi connectivity index (χ3v) is 3.76. The molecule has 2 heterocycles. The molecule has 5 heteroatoms. The molecule has 1 fully saturated rings. The van der Waals surface area contributed by atoms with Crippen LogP contribution in [0.1, 0.15) is 48.2 Å². The highest BCUT2D eigenvalue weighted by Gasteiger charge is 2.28. The summed E-state index contributed by atoms with van der Waals surface area (Å²) >= 11 is 0. The van der Waals surface area contributed by atoms with Crippen LogP contribution in [0.3, 0.4) is 0 Å². The second-order valence-corrected chi connectivity index (χ2v) is 5.10. The predicted octanol–water partition coefficient (Wildman–Crippen LogP) is 2.18. The number of carboxylic acids is 1. The zero-order valence-electron chi connectivity index (χ0n) is 11.2. The zero-order valence-corrected chi connectivity index (χ0v) is 11.2. The number of aromatic amines is 1. The molecular weight excluding hydrogens is 244 g/mol. The van der Waals surface area contributed by atoms with Gasteiger partial charge in [0, 0.05) is 30.9 Å². The van der Waals surface area contributed by atoms with Crippen molar-refractivity contribution in [1.29, 1.82) is 0 Å². The summed E-state index contributed by atoms with van der Waals surface area (Å²) in [4.78, 5) is 28.0. The Morgan fingerprint density at radius 2 is 2.26 bits per heavy atom. The molecule has 1 unspecified atom stereocenters. The zero-order chi connectivity index (χ0) is 13.8. The average Bonchev–Trinajstić information content (AvgIpc) is 2.82. The number of rotatable bonds is 4. The third kappa shape index (κ3) is 3.16. The van der Waals surface area contributed by atoms with Gasteiger partial charge in [0.15, 0.2) is 0 Å². The molecule has 0 aliphatic carbocycles. The van der Waals surface area contributed by atoms with Crippen LogP contribution in [0, 0.1) is 6.92 Å². The summed E-state index contributed by atoms with van der Waals surface area (Å²) < 4.78 is 0. The van der Waals surface area contributed by atoms with Gasteiger partial charge in [-0.05, 0) is 38.7 Å². The number of carboxylic acid groups (broad SMARTS) is 1. The second kappa shape index (κ2) is 5.91. The molecule has 19 heavy (non-hydrogen) atoms. The average molecular weight is 264 g/mol. The number of likely N-dealkylation sites (tertiary alicyclic amines) is 1. The lowest BCUT2D eigenvalue weighted by Crippen LogP contribution is -2.44. The lowest BCUT2D eigenvalue weighted by atomic mass is 9.97. The lowest BCUT2D eigenvalue weighted by Gasteiger charge is -2.35. The molecule has 0 radical (unpaired) electrons. The molecule has 5 nitrogen and oxygen atoms in total. The molecule has 0 spiro atoms. The van der Waals surface area contributed by atoms with Gasteiger partial charge in [0.2, 0.25) is 0 Å². The standard InChI is InChI=1S/C14H20N2O3/c1-10-12(7-8-15-10)14(19)16-9-3-2-4-11(16)5-6-13(17)18/h7-8,11,15H,2-6,9H2,1H3,(H,17,18). The summed E-state index contributed by atoms with van der Waals surface area (Å²) in [6, 6.07) is 1.85. The fourth-order valence-electron chi connectivity index (χ4n) is 2.70. The minimum atomic E-state index is -0.796. The Bertz CT molecular complexity index is 467. The van der Waals surface area contributed by atoms with Crippen LogP contribution in [0.25, 0.3) is 0 Å². The maximum absolute atomic E-state index is 12.5. The fourth-order valence-corrected chi connectivity index (χ4v) is 2.70. The van der Waals surface area contributed by atoms with Crippen LogP contribution in [0.5, 0.6) is 0 Å². The Morgan fingerprint density at radius 3 is 2.89 bits per heavy atom. The number of carbonyl (C=O) groups is 2. The summed E-state index contributed by atoms with van der Waals surface area (Å²) in [5, 5.41) is 8.79. The van der Waals surface area contributed by atoms with Crippen LogP contribution in [-0.2, 0) is 4.79 Å². The molecule has 0 saturated carbocycles. The Morgan fingerprint density at radius 1 is 1.47 bits per heavy atom. The predicted molar refractivity (Wildman–Crippen MR) is 71.1 cm³/mol. The van der Waals surface area contributed by atoms with Crippen LogP contribution < -0.4 is 0 Å². The van der Waals surface area contributed by atoms with E-state index in [1.807, 2.05) is 11.8 Å². The van der Waals surface area contributed by atoms with Crippen LogP contribution >= 0.6 is 0 Å². The van der Waals surface area contributed by atoms with Crippen LogP contribution in [0.2, 0.25) is 0 Å². The Kier molecular flexibility index (Phi) is 4.24. The van der Waals surface area contributed by atoms with E-state index in [0.29, 0.717) is 12.0 Å². The van der Waals surface area contributed by atoms with Crippen molar-refractivity contribution in [2.75, 3.05) is 6.54 Å². The molecule has 1 aliphatic rings. The molecule has 1 aromatic heterocycles. The molecule has 1 saturated heterocycles. The van der Waals surface area contributed by atoms with Crippen molar-refractivity contribution in [3.05, 3.63) is 23.5 Å². The molecule has 2 rings (SSSR count). The quantitative estimate of drug-likeness (QED) is 0.875.